The second-order valence-electron chi connectivity index (χ2n) is 6.94. The van der Waals surface area contributed by atoms with E-state index in [9.17, 15) is 14.0 Å². The normalized spacial score (nSPS) is 14.5. The van der Waals surface area contributed by atoms with Gasteiger partial charge in [-0.2, -0.15) is 5.10 Å². The highest BCUT2D eigenvalue weighted by Gasteiger charge is 2.23. The van der Waals surface area contributed by atoms with E-state index in [-0.39, 0.29) is 23.7 Å². The lowest BCUT2D eigenvalue weighted by Crippen LogP contribution is -2.49. The molecule has 1 fully saturated rings. The molecule has 1 saturated heterocycles. The van der Waals surface area contributed by atoms with E-state index in [4.69, 9.17) is 0 Å². The summed E-state index contributed by atoms with van der Waals surface area (Å²) in [4.78, 5) is 29.0. The van der Waals surface area contributed by atoms with Gasteiger partial charge in [0.25, 0.3) is 5.56 Å². The number of halogens is 1. The van der Waals surface area contributed by atoms with Gasteiger partial charge < -0.3 is 9.80 Å². The van der Waals surface area contributed by atoms with E-state index in [2.05, 4.69) is 10.00 Å². The fourth-order valence-corrected chi connectivity index (χ4v) is 3.63. The molecule has 144 valence electrons. The molecule has 3 aromatic rings. The van der Waals surface area contributed by atoms with Gasteiger partial charge in [0.05, 0.1) is 17.5 Å². The number of benzene rings is 2. The Morgan fingerprint density at radius 1 is 1.00 bits per heavy atom. The first-order valence-corrected chi connectivity index (χ1v) is 9.26. The van der Waals surface area contributed by atoms with Crippen molar-refractivity contribution in [1.82, 2.24) is 14.7 Å². The highest BCUT2D eigenvalue weighted by atomic mass is 19.1. The van der Waals surface area contributed by atoms with Crippen LogP contribution < -0.4 is 10.5 Å². The maximum Gasteiger partial charge on any atom is 0.274 e. The minimum Gasteiger partial charge on any atom is -0.368 e. The number of aryl methyl sites for hydroxylation is 1. The molecule has 6 nitrogen and oxygen atoms in total. The zero-order chi connectivity index (χ0) is 19.7. The molecule has 2 aromatic carbocycles. The van der Waals surface area contributed by atoms with Gasteiger partial charge in [0.2, 0.25) is 5.91 Å². The number of carbonyl (C=O) groups is 1. The van der Waals surface area contributed by atoms with E-state index in [1.54, 1.807) is 25.2 Å². The summed E-state index contributed by atoms with van der Waals surface area (Å²) in [5.41, 5.74) is 1.41. The van der Waals surface area contributed by atoms with E-state index in [0.29, 0.717) is 37.3 Å². The Hall–Kier alpha value is -3.22. The van der Waals surface area contributed by atoms with E-state index >= 15 is 0 Å². The number of piperazine rings is 1. The van der Waals surface area contributed by atoms with Gasteiger partial charge in [0, 0.05) is 44.3 Å². The molecule has 4 rings (SSSR count). The van der Waals surface area contributed by atoms with Gasteiger partial charge in [0.1, 0.15) is 5.82 Å². The topological polar surface area (TPSA) is 58.4 Å². The molecule has 0 aliphatic carbocycles. The van der Waals surface area contributed by atoms with E-state index in [0.717, 1.165) is 11.1 Å². The Bertz CT molecular complexity index is 1070. The molecule has 0 unspecified atom stereocenters. The van der Waals surface area contributed by atoms with Crippen molar-refractivity contribution < 1.29 is 9.18 Å². The average molecular weight is 380 g/mol. The smallest absolute Gasteiger partial charge is 0.274 e. The zero-order valence-corrected chi connectivity index (χ0v) is 15.6. The molecular weight excluding hydrogens is 359 g/mol. The third-order valence-electron chi connectivity index (χ3n) is 5.18. The average Bonchev–Trinajstić information content (AvgIpc) is 2.72. The molecule has 0 atom stereocenters. The summed E-state index contributed by atoms with van der Waals surface area (Å²) in [6.45, 7) is 2.58. The molecule has 1 aliphatic heterocycles. The molecule has 7 heteroatoms. The number of hydrogen-bond donors (Lipinski definition) is 0. The first kappa shape index (κ1) is 18.2. The monoisotopic (exact) mass is 380 g/mol. The molecule has 0 radical (unpaired) electrons. The highest BCUT2D eigenvalue weighted by molar-refractivity contribution is 5.88. The molecule has 0 N–H and O–H groups in total. The standard InChI is InChI=1S/C21H21FN4O2/c1-24-21(28)18-5-3-2-4-17(18)19(23-24)14-20(27)26-12-10-25(11-13-26)16-8-6-15(22)7-9-16/h2-9H,10-14H2,1H3. The van der Waals surface area contributed by atoms with Gasteiger partial charge in [-0.25, -0.2) is 9.07 Å². The quantitative estimate of drug-likeness (QED) is 0.697. The lowest BCUT2D eigenvalue weighted by atomic mass is 10.1. The molecule has 1 aromatic heterocycles. The number of carbonyl (C=O) groups excluding carboxylic acids is 1. The maximum atomic E-state index is 13.1. The number of amides is 1. The maximum absolute atomic E-state index is 13.1. The number of hydrogen-bond acceptors (Lipinski definition) is 4. The summed E-state index contributed by atoms with van der Waals surface area (Å²) < 4.78 is 14.4. The molecule has 0 spiro atoms. The van der Waals surface area contributed by atoms with Crippen molar-refractivity contribution >= 4 is 22.4 Å². The summed E-state index contributed by atoms with van der Waals surface area (Å²) in [7, 11) is 1.60. The minimum atomic E-state index is -0.255. The summed E-state index contributed by atoms with van der Waals surface area (Å²) in [6.07, 6.45) is 0.158. The van der Waals surface area contributed by atoms with Crippen LogP contribution in [0.1, 0.15) is 5.69 Å². The Morgan fingerprint density at radius 2 is 1.64 bits per heavy atom. The van der Waals surface area contributed by atoms with Crippen LogP contribution in [0.2, 0.25) is 0 Å². The fraction of sp³-hybridized carbons (Fsp3) is 0.286. The van der Waals surface area contributed by atoms with E-state index in [1.807, 2.05) is 23.1 Å². The lowest BCUT2D eigenvalue weighted by molar-refractivity contribution is -0.130. The summed E-state index contributed by atoms with van der Waals surface area (Å²) in [5.74, 6) is -0.260. The third-order valence-corrected chi connectivity index (χ3v) is 5.18. The molecular formula is C21H21FN4O2. The van der Waals surface area contributed by atoms with Crippen molar-refractivity contribution in [3.8, 4) is 0 Å². The van der Waals surface area contributed by atoms with E-state index < -0.39 is 0 Å². The van der Waals surface area contributed by atoms with Gasteiger partial charge in [-0.15, -0.1) is 0 Å². The van der Waals surface area contributed by atoms with Crippen LogP contribution >= 0.6 is 0 Å². The summed E-state index contributed by atoms with van der Waals surface area (Å²) in [6, 6.07) is 13.7. The van der Waals surface area contributed by atoms with Gasteiger partial charge in [0.15, 0.2) is 0 Å². The Kier molecular flexibility index (Phi) is 4.81. The third kappa shape index (κ3) is 3.47. The van der Waals surface area contributed by atoms with Crippen molar-refractivity contribution in [2.45, 2.75) is 6.42 Å². The SMILES string of the molecule is Cn1nc(CC(=O)N2CCN(c3ccc(F)cc3)CC2)c2ccccc2c1=O. The first-order valence-electron chi connectivity index (χ1n) is 9.26. The number of fused-ring (bicyclic) bond motifs is 1. The first-order chi connectivity index (χ1) is 13.5. The number of rotatable bonds is 3. The second-order valence-corrected chi connectivity index (χ2v) is 6.94. The second kappa shape index (κ2) is 7.42. The van der Waals surface area contributed by atoms with Gasteiger partial charge >= 0.3 is 0 Å². The number of nitrogens with zero attached hydrogens (tertiary/aromatic N) is 4. The van der Waals surface area contributed by atoms with Crippen LogP contribution in [-0.4, -0.2) is 46.8 Å². The summed E-state index contributed by atoms with van der Waals surface area (Å²) in [5, 5.41) is 5.62. The highest BCUT2D eigenvalue weighted by Crippen LogP contribution is 2.18. The van der Waals surface area contributed by atoms with Crippen LogP contribution in [-0.2, 0) is 18.3 Å². The van der Waals surface area contributed by atoms with Crippen molar-refractivity contribution in [1.29, 1.82) is 0 Å². The Morgan fingerprint density at radius 3 is 2.32 bits per heavy atom. The molecule has 2 heterocycles. The zero-order valence-electron chi connectivity index (χ0n) is 15.6. The molecule has 1 aliphatic rings. The summed E-state index contributed by atoms with van der Waals surface area (Å²) >= 11 is 0. The van der Waals surface area contributed by atoms with Crippen molar-refractivity contribution in [3.05, 3.63) is 70.4 Å². The largest absolute Gasteiger partial charge is 0.368 e. The number of aromatic nitrogens is 2. The van der Waals surface area contributed by atoms with Crippen LogP contribution in [0.15, 0.2) is 53.3 Å². The molecule has 1 amide bonds. The number of anilines is 1. The van der Waals surface area contributed by atoms with Crippen molar-refractivity contribution in [2.24, 2.45) is 7.05 Å². The van der Waals surface area contributed by atoms with Crippen LogP contribution in [0.3, 0.4) is 0 Å². The van der Waals surface area contributed by atoms with Gasteiger partial charge in [-0.1, -0.05) is 18.2 Å². The molecule has 28 heavy (non-hydrogen) atoms. The Labute approximate surface area is 161 Å². The van der Waals surface area contributed by atoms with Crippen LogP contribution in [0.25, 0.3) is 10.8 Å². The van der Waals surface area contributed by atoms with Gasteiger partial charge in [-0.3, -0.25) is 9.59 Å². The predicted octanol–water partition coefficient (Wildman–Crippen LogP) is 1.96. The van der Waals surface area contributed by atoms with Crippen LogP contribution in [0, 0.1) is 5.82 Å². The van der Waals surface area contributed by atoms with Gasteiger partial charge in [-0.05, 0) is 30.3 Å². The van der Waals surface area contributed by atoms with Crippen LogP contribution in [0.4, 0.5) is 10.1 Å². The predicted molar refractivity (Wildman–Crippen MR) is 106 cm³/mol. The van der Waals surface area contributed by atoms with Crippen molar-refractivity contribution in [3.63, 3.8) is 0 Å². The van der Waals surface area contributed by atoms with E-state index in [1.165, 1.54) is 16.8 Å². The van der Waals surface area contributed by atoms with Crippen LogP contribution in [0.5, 0.6) is 0 Å². The minimum absolute atomic E-state index is 0.00458. The lowest BCUT2D eigenvalue weighted by Gasteiger charge is -2.36. The molecule has 0 saturated carbocycles. The Balaban J connectivity index is 1.47. The fourth-order valence-electron chi connectivity index (χ4n) is 3.63. The van der Waals surface area contributed by atoms with Crippen molar-refractivity contribution in [2.75, 3.05) is 31.1 Å². The molecule has 0 bridgehead atoms.